The molecule has 0 saturated carbocycles. The monoisotopic (exact) mass is 319 g/mol. The van der Waals surface area contributed by atoms with E-state index >= 15 is 0 Å². The number of nitrogens with zero attached hydrogens (tertiary/aromatic N) is 2. The van der Waals surface area contributed by atoms with Crippen LogP contribution in [0, 0.1) is 6.92 Å². The van der Waals surface area contributed by atoms with Crippen molar-refractivity contribution in [1.82, 2.24) is 9.78 Å². The number of nitrogens with two attached hydrogens (primary N) is 1. The molecule has 2 aromatic heterocycles. The van der Waals surface area contributed by atoms with E-state index in [-0.39, 0.29) is 6.04 Å². The number of hydrogen-bond donors (Lipinski definition) is 1. The van der Waals surface area contributed by atoms with Crippen LogP contribution in [-0.2, 0) is 7.05 Å². The van der Waals surface area contributed by atoms with Crippen LogP contribution >= 0.6 is 15.9 Å². The average Bonchev–Trinajstić information content (AvgIpc) is 2.94. The zero-order valence-electron chi connectivity index (χ0n) is 10.7. The van der Waals surface area contributed by atoms with Gasteiger partial charge in [-0.15, -0.1) is 0 Å². The van der Waals surface area contributed by atoms with E-state index in [0.29, 0.717) is 0 Å². The minimum Gasteiger partial charge on any atom is -0.459 e. The van der Waals surface area contributed by atoms with Crippen LogP contribution in [0.3, 0.4) is 0 Å². The predicted molar refractivity (Wildman–Crippen MR) is 77.9 cm³/mol. The van der Waals surface area contributed by atoms with Crippen molar-refractivity contribution in [3.8, 4) is 0 Å². The van der Waals surface area contributed by atoms with Gasteiger partial charge in [0.15, 0.2) is 0 Å². The average molecular weight is 320 g/mol. The van der Waals surface area contributed by atoms with E-state index in [1.165, 1.54) is 0 Å². The summed E-state index contributed by atoms with van der Waals surface area (Å²) in [6.45, 7) is 2.02. The lowest BCUT2D eigenvalue weighted by Crippen LogP contribution is -2.15. The van der Waals surface area contributed by atoms with Crippen LogP contribution in [0.4, 0.5) is 0 Å². The van der Waals surface area contributed by atoms with Crippen LogP contribution in [0.5, 0.6) is 0 Å². The van der Waals surface area contributed by atoms with Gasteiger partial charge in [0.1, 0.15) is 17.4 Å². The summed E-state index contributed by atoms with van der Waals surface area (Å²) in [6, 6.07) is 7.65. The summed E-state index contributed by atoms with van der Waals surface area (Å²) in [5, 5.41) is 5.19. The summed E-state index contributed by atoms with van der Waals surface area (Å²) in [4.78, 5) is 0. The summed E-state index contributed by atoms with van der Waals surface area (Å²) in [7, 11) is 1.87. The van der Waals surface area contributed by atoms with Crippen LogP contribution in [0.2, 0.25) is 0 Å². The molecule has 0 saturated heterocycles. The predicted octanol–water partition coefficient (Wildman–Crippen LogP) is 3.29. The van der Waals surface area contributed by atoms with E-state index in [4.69, 9.17) is 10.2 Å². The number of aromatic nitrogens is 2. The van der Waals surface area contributed by atoms with Gasteiger partial charge in [0.2, 0.25) is 0 Å². The molecule has 0 amide bonds. The Balaban J connectivity index is 2.11. The number of benzene rings is 1. The molecule has 98 valence electrons. The maximum absolute atomic E-state index is 6.25. The lowest BCUT2D eigenvalue weighted by Gasteiger charge is -2.08. The number of halogens is 1. The molecule has 0 bridgehead atoms. The number of rotatable bonds is 2. The van der Waals surface area contributed by atoms with Crippen LogP contribution in [0.15, 0.2) is 39.4 Å². The van der Waals surface area contributed by atoms with Gasteiger partial charge in [-0.25, -0.2) is 0 Å². The number of aryl methyl sites for hydroxylation is 2. The van der Waals surface area contributed by atoms with E-state index in [2.05, 4.69) is 21.0 Å². The van der Waals surface area contributed by atoms with Crippen molar-refractivity contribution >= 4 is 26.9 Å². The molecule has 0 aliphatic rings. The van der Waals surface area contributed by atoms with Gasteiger partial charge < -0.3 is 10.2 Å². The molecule has 0 spiro atoms. The molecule has 0 radical (unpaired) electrons. The third-order valence-electron chi connectivity index (χ3n) is 3.27. The molecule has 2 heterocycles. The fraction of sp³-hybridized carbons (Fsp3) is 0.214. The molecule has 2 N–H and O–H groups in total. The molecule has 1 atom stereocenters. The molecule has 3 aromatic rings. The molecular weight excluding hydrogens is 306 g/mol. The zero-order chi connectivity index (χ0) is 13.6. The number of furan rings is 1. The Bertz CT molecular complexity index is 744. The minimum atomic E-state index is -0.307. The first kappa shape index (κ1) is 12.4. The second-order valence-electron chi connectivity index (χ2n) is 4.65. The lowest BCUT2D eigenvalue weighted by atomic mass is 10.1. The Morgan fingerprint density at radius 3 is 2.84 bits per heavy atom. The third kappa shape index (κ3) is 2.09. The highest BCUT2D eigenvalue weighted by Gasteiger charge is 2.18. The maximum atomic E-state index is 6.25. The Morgan fingerprint density at radius 1 is 1.37 bits per heavy atom. The molecule has 19 heavy (non-hydrogen) atoms. The van der Waals surface area contributed by atoms with Crippen molar-refractivity contribution in [2.75, 3.05) is 0 Å². The van der Waals surface area contributed by atoms with Crippen LogP contribution in [0.1, 0.15) is 23.1 Å². The van der Waals surface area contributed by atoms with Gasteiger partial charge in [0.25, 0.3) is 0 Å². The van der Waals surface area contributed by atoms with Gasteiger partial charge in [-0.05, 0) is 36.8 Å². The van der Waals surface area contributed by atoms with Crippen molar-refractivity contribution in [3.63, 3.8) is 0 Å². The van der Waals surface area contributed by atoms with E-state index in [1.807, 2.05) is 38.2 Å². The van der Waals surface area contributed by atoms with Gasteiger partial charge in [-0.3, -0.25) is 4.68 Å². The Hall–Kier alpha value is -1.59. The Morgan fingerprint density at radius 2 is 2.16 bits per heavy atom. The second-order valence-corrected chi connectivity index (χ2v) is 5.56. The van der Waals surface area contributed by atoms with Crippen LogP contribution in [0.25, 0.3) is 11.0 Å². The number of hydrogen-bond acceptors (Lipinski definition) is 3. The first-order valence-electron chi connectivity index (χ1n) is 5.99. The van der Waals surface area contributed by atoms with Gasteiger partial charge in [-0.1, -0.05) is 15.9 Å². The van der Waals surface area contributed by atoms with Gasteiger partial charge in [0, 0.05) is 23.1 Å². The van der Waals surface area contributed by atoms with Crippen molar-refractivity contribution in [2.45, 2.75) is 13.0 Å². The quantitative estimate of drug-likeness (QED) is 0.788. The maximum Gasteiger partial charge on any atom is 0.137 e. The molecule has 1 unspecified atom stereocenters. The highest BCUT2D eigenvalue weighted by Crippen LogP contribution is 2.30. The summed E-state index contributed by atoms with van der Waals surface area (Å²) in [5.74, 6) is 0.750. The van der Waals surface area contributed by atoms with Crippen LogP contribution < -0.4 is 5.73 Å². The molecule has 1 aromatic carbocycles. The van der Waals surface area contributed by atoms with Crippen molar-refractivity contribution < 1.29 is 4.42 Å². The van der Waals surface area contributed by atoms with Gasteiger partial charge in [0.05, 0.1) is 5.69 Å². The summed E-state index contributed by atoms with van der Waals surface area (Å²) in [5.41, 5.74) is 9.15. The topological polar surface area (TPSA) is 57.0 Å². The van der Waals surface area contributed by atoms with E-state index in [0.717, 1.165) is 32.5 Å². The van der Waals surface area contributed by atoms with Crippen LogP contribution in [-0.4, -0.2) is 9.78 Å². The fourth-order valence-electron chi connectivity index (χ4n) is 2.29. The molecule has 4 nitrogen and oxygen atoms in total. The first-order chi connectivity index (χ1) is 9.06. The zero-order valence-corrected chi connectivity index (χ0v) is 12.3. The molecule has 0 aliphatic carbocycles. The highest BCUT2D eigenvalue weighted by molar-refractivity contribution is 9.10. The molecule has 3 rings (SSSR count). The SMILES string of the molecule is Cc1cc(Br)cc2cc(C(N)c3ccnn3C)oc12. The summed E-state index contributed by atoms with van der Waals surface area (Å²) in [6.07, 6.45) is 1.74. The normalized spacial score (nSPS) is 13.1. The highest BCUT2D eigenvalue weighted by atomic mass is 79.9. The second kappa shape index (κ2) is 4.51. The molecule has 5 heteroatoms. The smallest absolute Gasteiger partial charge is 0.137 e. The summed E-state index contributed by atoms with van der Waals surface area (Å²) < 4.78 is 8.71. The Labute approximate surface area is 119 Å². The summed E-state index contributed by atoms with van der Waals surface area (Å²) >= 11 is 3.49. The van der Waals surface area contributed by atoms with E-state index in [1.54, 1.807) is 10.9 Å². The largest absolute Gasteiger partial charge is 0.459 e. The van der Waals surface area contributed by atoms with Gasteiger partial charge >= 0.3 is 0 Å². The van der Waals surface area contributed by atoms with Gasteiger partial charge in [-0.2, -0.15) is 5.10 Å². The molecule has 0 fully saturated rings. The van der Waals surface area contributed by atoms with E-state index < -0.39 is 0 Å². The standard InChI is InChI=1S/C14H14BrN3O/c1-8-5-10(15)6-9-7-12(19-14(8)9)13(16)11-3-4-17-18(11)2/h3-7,13H,16H2,1-2H3. The van der Waals surface area contributed by atoms with Crippen molar-refractivity contribution in [3.05, 3.63) is 52.0 Å². The minimum absolute atomic E-state index is 0.307. The molecular formula is C14H14BrN3O. The first-order valence-corrected chi connectivity index (χ1v) is 6.78. The Kier molecular flexibility index (Phi) is 2.95. The van der Waals surface area contributed by atoms with E-state index in [9.17, 15) is 0 Å². The lowest BCUT2D eigenvalue weighted by molar-refractivity contribution is 0.508. The number of fused-ring (bicyclic) bond motifs is 1. The fourth-order valence-corrected chi connectivity index (χ4v) is 2.88. The molecule has 0 aliphatic heterocycles. The third-order valence-corrected chi connectivity index (χ3v) is 3.73. The van der Waals surface area contributed by atoms with Crippen molar-refractivity contribution in [1.29, 1.82) is 0 Å². The van der Waals surface area contributed by atoms with Crippen molar-refractivity contribution in [2.24, 2.45) is 12.8 Å².